The van der Waals surface area contributed by atoms with Crippen LogP contribution in [0.5, 0.6) is 0 Å². The molecule has 18 heavy (non-hydrogen) atoms. The Labute approximate surface area is 111 Å². The minimum atomic E-state index is -0.425. The Balaban J connectivity index is 2.29. The van der Waals surface area contributed by atoms with Crippen LogP contribution in [0, 0.1) is 11.3 Å². The van der Waals surface area contributed by atoms with Crippen LogP contribution >= 0.6 is 0 Å². The molecule has 0 amide bonds. The Bertz CT molecular complexity index is 278. The second kappa shape index (κ2) is 7.05. The average molecular weight is 253 g/mol. The second-order valence-corrected chi connectivity index (χ2v) is 5.61. The van der Waals surface area contributed by atoms with Crippen LogP contribution in [0.25, 0.3) is 0 Å². The van der Waals surface area contributed by atoms with E-state index < -0.39 is 5.54 Å². The largest absolute Gasteiger partial charge is 0.308 e. The topological polar surface area (TPSA) is 45.5 Å². The molecule has 0 aromatic carbocycles. The van der Waals surface area contributed by atoms with Crippen molar-refractivity contribution in [1.29, 1.82) is 5.26 Å². The molecule has 0 radical (unpaired) electrons. The molecule has 0 saturated carbocycles. The first kappa shape index (κ1) is 15.4. The molecule has 1 rings (SSSR count). The highest BCUT2D eigenvalue weighted by Crippen LogP contribution is 2.08. The van der Waals surface area contributed by atoms with Crippen molar-refractivity contribution >= 4 is 0 Å². The van der Waals surface area contributed by atoms with Crippen molar-refractivity contribution in [3.05, 3.63) is 0 Å². The van der Waals surface area contributed by atoms with Crippen molar-refractivity contribution in [2.24, 2.45) is 0 Å². The Kier molecular flexibility index (Phi) is 6.03. The van der Waals surface area contributed by atoms with Gasteiger partial charge in [0.1, 0.15) is 5.54 Å². The lowest BCUT2D eigenvalue weighted by Crippen LogP contribution is -2.55. The number of likely N-dealkylation sites (N-methyl/N-ethyl adjacent to an activating group) is 2. The van der Waals surface area contributed by atoms with Gasteiger partial charge in [-0.05, 0) is 28.1 Å². The van der Waals surface area contributed by atoms with E-state index in [1.54, 1.807) is 0 Å². The van der Waals surface area contributed by atoms with E-state index in [2.05, 4.69) is 40.2 Å². The molecule has 0 aliphatic carbocycles. The minimum Gasteiger partial charge on any atom is -0.308 e. The minimum absolute atomic E-state index is 0.425. The van der Waals surface area contributed by atoms with Gasteiger partial charge in [0, 0.05) is 45.8 Å². The van der Waals surface area contributed by atoms with Crippen molar-refractivity contribution in [3.8, 4) is 6.07 Å². The van der Waals surface area contributed by atoms with Crippen LogP contribution < -0.4 is 5.32 Å². The molecule has 1 fully saturated rings. The lowest BCUT2D eigenvalue weighted by atomic mass is 10.0. The summed E-state index contributed by atoms with van der Waals surface area (Å²) in [5, 5.41) is 12.3. The molecule has 1 atom stereocenters. The zero-order chi connectivity index (χ0) is 13.6. The van der Waals surface area contributed by atoms with Gasteiger partial charge >= 0.3 is 0 Å². The molecule has 0 spiro atoms. The fraction of sp³-hybridized carbons (Fsp3) is 0.923. The zero-order valence-corrected chi connectivity index (χ0v) is 12.2. The SMILES string of the molecule is CNC(C)(C#N)CN1CCN(CCN(C)C)CC1. The predicted octanol–water partition coefficient (Wildman–Crippen LogP) is -0.333. The second-order valence-electron chi connectivity index (χ2n) is 5.61. The normalized spacial score (nSPS) is 21.8. The number of nitriles is 1. The quantitative estimate of drug-likeness (QED) is 0.702. The first-order chi connectivity index (χ1) is 8.49. The average Bonchev–Trinajstić information content (AvgIpc) is 2.37. The van der Waals surface area contributed by atoms with E-state index in [-0.39, 0.29) is 0 Å². The van der Waals surface area contributed by atoms with Gasteiger partial charge in [-0.2, -0.15) is 5.26 Å². The number of nitrogens with zero attached hydrogens (tertiary/aromatic N) is 4. The first-order valence-corrected chi connectivity index (χ1v) is 6.69. The fourth-order valence-corrected chi connectivity index (χ4v) is 2.13. The van der Waals surface area contributed by atoms with Crippen molar-refractivity contribution in [2.75, 3.05) is 67.0 Å². The van der Waals surface area contributed by atoms with Crippen LogP contribution in [0.15, 0.2) is 0 Å². The number of rotatable bonds is 6. The van der Waals surface area contributed by atoms with E-state index in [1.807, 2.05) is 14.0 Å². The molecule has 104 valence electrons. The molecular weight excluding hydrogens is 226 g/mol. The van der Waals surface area contributed by atoms with E-state index in [0.29, 0.717) is 0 Å². The van der Waals surface area contributed by atoms with E-state index in [1.165, 1.54) is 0 Å². The number of nitrogens with one attached hydrogen (secondary N) is 1. The van der Waals surface area contributed by atoms with Gasteiger partial charge in [0.25, 0.3) is 0 Å². The number of hydrogen-bond acceptors (Lipinski definition) is 5. The summed E-state index contributed by atoms with van der Waals surface area (Å²) in [4.78, 5) is 7.10. The molecule has 0 bridgehead atoms. The molecule has 0 aromatic rings. The van der Waals surface area contributed by atoms with Gasteiger partial charge < -0.3 is 10.2 Å². The van der Waals surface area contributed by atoms with Crippen LogP contribution in [-0.2, 0) is 0 Å². The third-order valence-corrected chi connectivity index (χ3v) is 3.67. The fourth-order valence-electron chi connectivity index (χ4n) is 2.13. The highest BCUT2D eigenvalue weighted by molar-refractivity contribution is 5.05. The van der Waals surface area contributed by atoms with Crippen LogP contribution in [0.4, 0.5) is 0 Å². The molecule has 5 heteroatoms. The molecule has 1 N–H and O–H groups in total. The van der Waals surface area contributed by atoms with Crippen LogP contribution in [0.3, 0.4) is 0 Å². The molecule has 5 nitrogen and oxygen atoms in total. The van der Waals surface area contributed by atoms with E-state index in [0.717, 1.165) is 45.8 Å². The maximum atomic E-state index is 9.16. The molecular formula is C13H27N5. The van der Waals surface area contributed by atoms with Crippen molar-refractivity contribution in [2.45, 2.75) is 12.5 Å². The van der Waals surface area contributed by atoms with Gasteiger partial charge in [-0.15, -0.1) is 0 Å². The maximum Gasteiger partial charge on any atom is 0.116 e. The summed E-state index contributed by atoms with van der Waals surface area (Å²) in [6, 6.07) is 2.35. The van der Waals surface area contributed by atoms with Crippen LogP contribution in [0.2, 0.25) is 0 Å². The summed E-state index contributed by atoms with van der Waals surface area (Å²) in [6.45, 7) is 9.37. The van der Waals surface area contributed by atoms with Crippen molar-refractivity contribution in [1.82, 2.24) is 20.0 Å². The zero-order valence-electron chi connectivity index (χ0n) is 12.2. The molecule has 1 heterocycles. The Morgan fingerprint density at radius 2 is 1.78 bits per heavy atom. The van der Waals surface area contributed by atoms with Gasteiger partial charge in [-0.3, -0.25) is 9.80 Å². The first-order valence-electron chi connectivity index (χ1n) is 6.69. The lowest BCUT2D eigenvalue weighted by Gasteiger charge is -2.38. The standard InChI is InChI=1S/C13H27N5/c1-13(11-14,15-2)12-18-9-7-17(8-10-18)6-5-16(3)4/h15H,5-10,12H2,1-4H3. The molecule has 1 aliphatic heterocycles. The van der Waals surface area contributed by atoms with Crippen molar-refractivity contribution < 1.29 is 0 Å². The van der Waals surface area contributed by atoms with E-state index in [4.69, 9.17) is 5.26 Å². The smallest absolute Gasteiger partial charge is 0.116 e. The number of piperazine rings is 1. The molecule has 1 aliphatic rings. The Morgan fingerprint density at radius 1 is 1.22 bits per heavy atom. The third kappa shape index (κ3) is 4.91. The Morgan fingerprint density at radius 3 is 2.22 bits per heavy atom. The molecule has 1 saturated heterocycles. The van der Waals surface area contributed by atoms with E-state index in [9.17, 15) is 0 Å². The summed E-state index contributed by atoms with van der Waals surface area (Å²) in [6.07, 6.45) is 0. The van der Waals surface area contributed by atoms with Gasteiger partial charge in [0.15, 0.2) is 0 Å². The van der Waals surface area contributed by atoms with Gasteiger partial charge in [0.2, 0.25) is 0 Å². The summed E-state index contributed by atoms with van der Waals surface area (Å²) < 4.78 is 0. The highest BCUT2D eigenvalue weighted by atomic mass is 15.3. The Hall–Kier alpha value is -0.670. The van der Waals surface area contributed by atoms with Gasteiger partial charge in [-0.1, -0.05) is 0 Å². The van der Waals surface area contributed by atoms with Gasteiger partial charge in [0.05, 0.1) is 6.07 Å². The molecule has 1 unspecified atom stereocenters. The highest BCUT2D eigenvalue weighted by Gasteiger charge is 2.26. The number of hydrogen-bond donors (Lipinski definition) is 1. The van der Waals surface area contributed by atoms with Crippen LogP contribution in [0.1, 0.15) is 6.92 Å². The summed E-state index contributed by atoms with van der Waals surface area (Å²) >= 11 is 0. The summed E-state index contributed by atoms with van der Waals surface area (Å²) in [5.74, 6) is 0. The van der Waals surface area contributed by atoms with Crippen LogP contribution in [-0.4, -0.2) is 87.2 Å². The predicted molar refractivity (Wildman–Crippen MR) is 74.5 cm³/mol. The van der Waals surface area contributed by atoms with Gasteiger partial charge in [-0.25, -0.2) is 0 Å². The lowest BCUT2D eigenvalue weighted by molar-refractivity contribution is 0.111. The summed E-state index contributed by atoms with van der Waals surface area (Å²) in [7, 11) is 6.08. The monoisotopic (exact) mass is 253 g/mol. The third-order valence-electron chi connectivity index (χ3n) is 3.67. The maximum absolute atomic E-state index is 9.16. The van der Waals surface area contributed by atoms with E-state index >= 15 is 0 Å². The molecule has 0 aromatic heterocycles. The van der Waals surface area contributed by atoms with Crippen molar-refractivity contribution in [3.63, 3.8) is 0 Å². The summed E-state index contributed by atoms with van der Waals surface area (Å²) in [5.41, 5.74) is -0.425.